The molecular formula is C17H29NO3. The van der Waals surface area contributed by atoms with E-state index in [9.17, 15) is 9.90 Å². The van der Waals surface area contributed by atoms with Crippen molar-refractivity contribution in [3.8, 4) is 0 Å². The second kappa shape index (κ2) is 5.88. The predicted molar refractivity (Wildman–Crippen MR) is 81.0 cm³/mol. The Balaban J connectivity index is 1.46. The summed E-state index contributed by atoms with van der Waals surface area (Å²) in [6.07, 6.45) is 8.16. The standard InChI is InChI=1S/C17H29NO3/c1-18(10-15-9-12-2-3-14(15)8-12)11-17(21)6-4-13(5-7-17)16(19)20/h12-15,21H,2-11H2,1H3,(H,19,20). The summed E-state index contributed by atoms with van der Waals surface area (Å²) >= 11 is 0. The number of hydrogen-bond acceptors (Lipinski definition) is 3. The van der Waals surface area contributed by atoms with Crippen molar-refractivity contribution < 1.29 is 15.0 Å². The lowest BCUT2D eigenvalue weighted by Gasteiger charge is -2.38. The van der Waals surface area contributed by atoms with Gasteiger partial charge in [-0.2, -0.15) is 0 Å². The topological polar surface area (TPSA) is 60.8 Å². The molecule has 2 N–H and O–H groups in total. The zero-order valence-corrected chi connectivity index (χ0v) is 13.1. The highest BCUT2D eigenvalue weighted by Crippen LogP contribution is 2.48. The molecule has 4 nitrogen and oxygen atoms in total. The molecule has 3 fully saturated rings. The monoisotopic (exact) mass is 295 g/mol. The maximum absolute atomic E-state index is 11.0. The fraction of sp³-hybridized carbons (Fsp3) is 0.941. The van der Waals surface area contributed by atoms with Crippen molar-refractivity contribution in [2.45, 2.75) is 57.0 Å². The Labute approximate surface area is 127 Å². The third-order valence-corrected chi connectivity index (χ3v) is 6.26. The summed E-state index contributed by atoms with van der Waals surface area (Å²) < 4.78 is 0. The van der Waals surface area contributed by atoms with Crippen LogP contribution in [0.15, 0.2) is 0 Å². The van der Waals surface area contributed by atoms with Crippen molar-refractivity contribution in [1.82, 2.24) is 4.90 Å². The van der Waals surface area contributed by atoms with Crippen molar-refractivity contribution in [3.05, 3.63) is 0 Å². The summed E-state index contributed by atoms with van der Waals surface area (Å²) in [4.78, 5) is 13.3. The Morgan fingerprint density at radius 3 is 2.43 bits per heavy atom. The molecule has 3 aliphatic rings. The van der Waals surface area contributed by atoms with Gasteiger partial charge < -0.3 is 15.1 Å². The maximum Gasteiger partial charge on any atom is 0.306 e. The van der Waals surface area contributed by atoms with Crippen LogP contribution < -0.4 is 0 Å². The number of carbonyl (C=O) groups is 1. The van der Waals surface area contributed by atoms with Gasteiger partial charge in [-0.3, -0.25) is 4.79 Å². The number of aliphatic carboxylic acids is 1. The first kappa shape index (κ1) is 15.3. The van der Waals surface area contributed by atoms with Crippen molar-refractivity contribution >= 4 is 5.97 Å². The zero-order chi connectivity index (χ0) is 15.0. The number of carboxylic acids is 1. The molecular weight excluding hydrogens is 266 g/mol. The third kappa shape index (κ3) is 3.42. The van der Waals surface area contributed by atoms with Crippen LogP contribution >= 0.6 is 0 Å². The maximum atomic E-state index is 11.0. The first-order valence-electron chi connectivity index (χ1n) is 8.59. The fourth-order valence-corrected chi connectivity index (χ4v) is 5.13. The van der Waals surface area contributed by atoms with Crippen molar-refractivity contribution in [2.24, 2.45) is 23.7 Å². The molecule has 3 saturated carbocycles. The lowest BCUT2D eigenvalue weighted by molar-refractivity contribution is -0.145. The number of carboxylic acid groups (broad SMARTS) is 1. The molecule has 0 aromatic rings. The SMILES string of the molecule is CN(CC1CC2CCC1C2)CC1(O)CCC(C(=O)O)CC1. The number of fused-ring (bicyclic) bond motifs is 2. The van der Waals surface area contributed by atoms with Gasteiger partial charge in [0.1, 0.15) is 0 Å². The average molecular weight is 295 g/mol. The molecule has 3 unspecified atom stereocenters. The van der Waals surface area contributed by atoms with Gasteiger partial charge in [-0.25, -0.2) is 0 Å². The van der Waals surface area contributed by atoms with Gasteiger partial charge in [-0.05, 0) is 69.7 Å². The zero-order valence-electron chi connectivity index (χ0n) is 13.1. The highest BCUT2D eigenvalue weighted by molar-refractivity contribution is 5.70. The predicted octanol–water partition coefficient (Wildman–Crippen LogP) is 2.36. The number of nitrogens with zero attached hydrogens (tertiary/aromatic N) is 1. The Hall–Kier alpha value is -0.610. The Bertz CT molecular complexity index is 389. The van der Waals surface area contributed by atoms with E-state index in [1.54, 1.807) is 0 Å². The quantitative estimate of drug-likeness (QED) is 0.817. The minimum atomic E-state index is -0.701. The van der Waals surface area contributed by atoms with Crippen molar-refractivity contribution in [2.75, 3.05) is 20.1 Å². The lowest BCUT2D eigenvalue weighted by Crippen LogP contribution is -2.46. The van der Waals surface area contributed by atoms with Crippen LogP contribution in [-0.4, -0.2) is 46.8 Å². The van der Waals surface area contributed by atoms with Gasteiger partial charge in [0.05, 0.1) is 11.5 Å². The van der Waals surface area contributed by atoms with Crippen LogP contribution in [0, 0.1) is 23.7 Å². The molecule has 0 heterocycles. The molecule has 0 saturated heterocycles. The number of rotatable bonds is 5. The van der Waals surface area contributed by atoms with Crippen molar-refractivity contribution in [3.63, 3.8) is 0 Å². The normalized spacial score (nSPS) is 42.6. The highest BCUT2D eigenvalue weighted by Gasteiger charge is 2.41. The average Bonchev–Trinajstić information content (AvgIpc) is 3.00. The first-order valence-corrected chi connectivity index (χ1v) is 8.59. The molecule has 0 aromatic heterocycles. The molecule has 0 aliphatic heterocycles. The largest absolute Gasteiger partial charge is 0.481 e. The molecule has 2 bridgehead atoms. The van der Waals surface area contributed by atoms with Gasteiger partial charge in [0.15, 0.2) is 0 Å². The molecule has 0 spiro atoms. The smallest absolute Gasteiger partial charge is 0.306 e. The summed E-state index contributed by atoms with van der Waals surface area (Å²) in [6.45, 7) is 1.80. The molecule has 4 heteroatoms. The van der Waals surface area contributed by atoms with E-state index >= 15 is 0 Å². The molecule has 0 radical (unpaired) electrons. The molecule has 0 aromatic carbocycles. The number of hydrogen-bond donors (Lipinski definition) is 2. The van der Waals surface area contributed by atoms with Crippen LogP contribution in [0.5, 0.6) is 0 Å². The van der Waals surface area contributed by atoms with Crippen LogP contribution in [0.1, 0.15) is 51.4 Å². The molecule has 120 valence electrons. The molecule has 3 atom stereocenters. The van der Waals surface area contributed by atoms with E-state index in [4.69, 9.17) is 5.11 Å². The van der Waals surface area contributed by atoms with Crippen LogP contribution in [0.25, 0.3) is 0 Å². The van der Waals surface area contributed by atoms with Gasteiger partial charge in [0, 0.05) is 13.1 Å². The highest BCUT2D eigenvalue weighted by atomic mass is 16.4. The molecule has 3 rings (SSSR count). The minimum absolute atomic E-state index is 0.249. The van der Waals surface area contributed by atoms with E-state index in [1.165, 1.54) is 25.7 Å². The number of aliphatic hydroxyl groups is 1. The van der Waals surface area contributed by atoms with Gasteiger partial charge in [-0.15, -0.1) is 0 Å². The Kier molecular flexibility index (Phi) is 4.28. The van der Waals surface area contributed by atoms with E-state index < -0.39 is 11.6 Å². The van der Waals surface area contributed by atoms with Gasteiger partial charge in [0.2, 0.25) is 0 Å². The molecule has 0 amide bonds. The summed E-state index contributed by atoms with van der Waals surface area (Å²) in [7, 11) is 2.12. The van der Waals surface area contributed by atoms with Crippen molar-refractivity contribution in [1.29, 1.82) is 0 Å². The van der Waals surface area contributed by atoms with E-state index in [2.05, 4.69) is 11.9 Å². The van der Waals surface area contributed by atoms with Crippen LogP contribution in [0.2, 0.25) is 0 Å². The lowest BCUT2D eigenvalue weighted by atomic mass is 9.78. The first-order chi connectivity index (χ1) is 9.95. The summed E-state index contributed by atoms with van der Waals surface area (Å²) in [6, 6.07) is 0. The van der Waals surface area contributed by atoms with E-state index in [1.807, 2.05) is 0 Å². The van der Waals surface area contributed by atoms with E-state index in [0.29, 0.717) is 32.2 Å². The summed E-state index contributed by atoms with van der Waals surface area (Å²) in [5.74, 6) is 1.78. The third-order valence-electron chi connectivity index (χ3n) is 6.26. The molecule has 21 heavy (non-hydrogen) atoms. The van der Waals surface area contributed by atoms with Crippen LogP contribution in [0.4, 0.5) is 0 Å². The summed E-state index contributed by atoms with van der Waals surface area (Å²) in [5.41, 5.74) is -0.668. The Morgan fingerprint density at radius 1 is 1.19 bits per heavy atom. The van der Waals surface area contributed by atoms with Gasteiger partial charge in [-0.1, -0.05) is 6.42 Å². The fourth-order valence-electron chi connectivity index (χ4n) is 5.13. The second-order valence-electron chi connectivity index (χ2n) is 7.97. The Morgan fingerprint density at radius 2 is 1.90 bits per heavy atom. The van der Waals surface area contributed by atoms with E-state index in [0.717, 1.165) is 24.3 Å². The van der Waals surface area contributed by atoms with Gasteiger partial charge >= 0.3 is 5.97 Å². The van der Waals surface area contributed by atoms with E-state index in [-0.39, 0.29) is 5.92 Å². The molecule has 3 aliphatic carbocycles. The van der Waals surface area contributed by atoms with Crippen LogP contribution in [-0.2, 0) is 4.79 Å². The number of likely N-dealkylation sites (N-methyl/N-ethyl adjacent to an activating group) is 1. The summed E-state index contributed by atoms with van der Waals surface area (Å²) in [5, 5.41) is 19.8. The van der Waals surface area contributed by atoms with Gasteiger partial charge in [0.25, 0.3) is 0 Å². The minimum Gasteiger partial charge on any atom is -0.481 e. The van der Waals surface area contributed by atoms with Crippen LogP contribution in [0.3, 0.4) is 0 Å². The second-order valence-corrected chi connectivity index (χ2v) is 7.97.